The molecule has 2 rings (SSSR count). The van der Waals surface area contributed by atoms with Gasteiger partial charge in [0, 0.05) is 55.6 Å². The number of thioether (sulfide) groups is 2. The highest BCUT2D eigenvalue weighted by atomic mass is 32.2. The van der Waals surface area contributed by atoms with E-state index in [1.54, 1.807) is 11.8 Å². The maximum atomic E-state index is 14.0. The molecule has 0 saturated carbocycles. The van der Waals surface area contributed by atoms with E-state index in [2.05, 4.69) is 31.6 Å². The predicted molar refractivity (Wildman–Crippen MR) is 238 cm³/mol. The van der Waals surface area contributed by atoms with Crippen LogP contribution in [0.2, 0.25) is 0 Å². The summed E-state index contributed by atoms with van der Waals surface area (Å²) in [6.07, 6.45) is 4.72. The van der Waals surface area contributed by atoms with Crippen LogP contribution in [0.5, 0.6) is 11.5 Å². The van der Waals surface area contributed by atoms with Gasteiger partial charge in [0.15, 0.2) is 11.5 Å². The Hall–Kier alpha value is -5.47. The number of unbranched alkanes of at least 4 members (excludes halogenated alkanes) is 1. The van der Waals surface area contributed by atoms with Gasteiger partial charge in [0.05, 0.1) is 30.6 Å². The van der Waals surface area contributed by atoms with Gasteiger partial charge in [0.2, 0.25) is 29.5 Å². The number of carbonyl (C=O) groups excluding carboxylic acids is 7. The smallest absolute Gasteiger partial charge is 0.339 e. The van der Waals surface area contributed by atoms with Crippen molar-refractivity contribution < 1.29 is 66.2 Å². The fourth-order valence-electron chi connectivity index (χ4n) is 5.18. The van der Waals surface area contributed by atoms with Crippen LogP contribution in [-0.2, 0) is 48.4 Å². The minimum absolute atomic E-state index is 0.0281. The number of phenols is 2. The van der Waals surface area contributed by atoms with E-state index in [0.717, 1.165) is 37.2 Å². The molecule has 5 amide bonds. The van der Waals surface area contributed by atoms with E-state index in [1.807, 2.05) is 19.0 Å². The van der Waals surface area contributed by atoms with Crippen molar-refractivity contribution in [2.75, 3.05) is 71.0 Å². The van der Waals surface area contributed by atoms with E-state index >= 15 is 0 Å². The highest BCUT2D eigenvalue weighted by molar-refractivity contribution is 7.99. The van der Waals surface area contributed by atoms with Crippen LogP contribution in [0.1, 0.15) is 41.6 Å². The Morgan fingerprint density at radius 1 is 0.875 bits per heavy atom. The quantitative estimate of drug-likeness (QED) is 0.0124. The number of hydrogen-bond acceptors (Lipinski definition) is 18. The Labute approximate surface area is 379 Å². The largest absolute Gasteiger partial charge is 0.504 e. The molecule has 4 atom stereocenters. The number of pyridine rings is 1. The molecule has 25 heteroatoms. The Balaban J connectivity index is 2.32. The summed E-state index contributed by atoms with van der Waals surface area (Å²) in [7, 11) is 1.47. The molecule has 2 aromatic rings. The minimum Gasteiger partial charge on any atom is -0.504 e. The number of amides is 5. The van der Waals surface area contributed by atoms with Crippen LogP contribution in [-0.4, -0.2) is 170 Å². The van der Waals surface area contributed by atoms with Gasteiger partial charge in [-0.25, -0.2) is 14.6 Å². The van der Waals surface area contributed by atoms with Crippen LogP contribution >= 0.6 is 23.5 Å². The lowest BCUT2D eigenvalue weighted by Gasteiger charge is -2.25. The number of hydrogen-bond donors (Lipinski definition) is 9. The van der Waals surface area contributed by atoms with E-state index in [4.69, 9.17) is 19.8 Å². The average Bonchev–Trinajstić information content (AvgIpc) is 3.24. The van der Waals surface area contributed by atoms with Crippen LogP contribution in [0.3, 0.4) is 0 Å². The Kier molecular flexibility index (Phi) is 24.2. The van der Waals surface area contributed by atoms with Gasteiger partial charge < -0.3 is 56.9 Å². The molecule has 0 bridgehead atoms. The Morgan fingerprint density at radius 2 is 1.58 bits per heavy atom. The molecule has 0 radical (unpaired) electrons. The first-order chi connectivity index (χ1) is 30.2. The second-order valence-electron chi connectivity index (χ2n) is 14.1. The van der Waals surface area contributed by atoms with Crippen LogP contribution in [0, 0.1) is 0 Å². The second-order valence-corrected chi connectivity index (χ2v) is 17.8. The Bertz CT molecular complexity index is 2040. The number of methoxy groups -OCH3 is 2. The number of aromatic hydroxyl groups is 2. The second kappa shape index (κ2) is 28.3. The number of ether oxygens (including phenoxy) is 2. The molecule has 354 valence electrons. The number of nitrogens with one attached hydrogen (secondary N) is 5. The first kappa shape index (κ1) is 54.7. The van der Waals surface area contributed by atoms with E-state index in [1.165, 1.54) is 49.7 Å². The van der Waals surface area contributed by atoms with Crippen molar-refractivity contribution in [3.8, 4) is 11.5 Å². The van der Waals surface area contributed by atoms with Crippen LogP contribution in [0.15, 0.2) is 47.6 Å². The van der Waals surface area contributed by atoms with Crippen LogP contribution < -0.4 is 32.3 Å². The molecule has 1 aromatic heterocycles. The van der Waals surface area contributed by atoms with Gasteiger partial charge in [0.1, 0.15) is 24.2 Å². The number of aromatic nitrogens is 1. The van der Waals surface area contributed by atoms with E-state index in [0.29, 0.717) is 35.6 Å². The van der Waals surface area contributed by atoms with Crippen molar-refractivity contribution >= 4 is 81.2 Å². The number of nitrogens with zero attached hydrogens (tertiary/aromatic N) is 2. The normalized spacial score (nSPS) is 13.2. The van der Waals surface area contributed by atoms with E-state index < -0.39 is 87.9 Å². The van der Waals surface area contributed by atoms with Crippen molar-refractivity contribution in [1.29, 1.82) is 0 Å². The Morgan fingerprint density at radius 3 is 2.20 bits per heavy atom. The maximum Gasteiger partial charge on any atom is 0.339 e. The van der Waals surface area contributed by atoms with Gasteiger partial charge in [0.25, 0.3) is 10.1 Å². The van der Waals surface area contributed by atoms with E-state index in [9.17, 15) is 52.2 Å². The zero-order valence-corrected chi connectivity index (χ0v) is 38.2. The molecule has 3 unspecified atom stereocenters. The first-order valence-corrected chi connectivity index (χ1v) is 23.3. The van der Waals surface area contributed by atoms with Crippen molar-refractivity contribution in [3.05, 3.63) is 53.7 Å². The van der Waals surface area contributed by atoms with Crippen molar-refractivity contribution in [2.24, 2.45) is 5.73 Å². The highest BCUT2D eigenvalue weighted by Crippen LogP contribution is 2.25. The lowest BCUT2D eigenvalue weighted by Crippen LogP contribution is -2.58. The molecule has 0 saturated heterocycles. The van der Waals surface area contributed by atoms with Gasteiger partial charge >= 0.3 is 11.9 Å². The summed E-state index contributed by atoms with van der Waals surface area (Å²) in [6.45, 7) is 0.508. The molecule has 1 aromatic carbocycles. The molecule has 0 fully saturated rings. The van der Waals surface area contributed by atoms with Crippen molar-refractivity contribution in [3.63, 3.8) is 0 Å². The number of carbonyl (C=O) groups is 7. The fraction of sp³-hybridized carbons (Fsp3) is 0.487. The van der Waals surface area contributed by atoms with Gasteiger partial charge in [-0.1, -0.05) is 6.07 Å². The molecule has 0 aliphatic heterocycles. The van der Waals surface area contributed by atoms with Crippen molar-refractivity contribution in [1.82, 2.24) is 36.5 Å². The molecule has 0 aliphatic carbocycles. The summed E-state index contributed by atoms with van der Waals surface area (Å²) >= 11 is 2.62. The zero-order valence-electron chi connectivity index (χ0n) is 35.7. The number of rotatable bonds is 28. The number of phenolic OH excluding ortho intramolecular Hbond substituents is 2. The number of benzene rings is 1. The van der Waals surface area contributed by atoms with Gasteiger partial charge in [-0.3, -0.25) is 28.5 Å². The molecule has 0 aliphatic rings. The summed E-state index contributed by atoms with van der Waals surface area (Å²) in [5, 5.41) is 32.4. The molecule has 22 nitrogen and oxygen atoms in total. The van der Waals surface area contributed by atoms with Gasteiger partial charge in [-0.05, 0) is 69.3 Å². The fourth-order valence-corrected chi connectivity index (χ4v) is 7.68. The lowest BCUT2D eigenvalue weighted by atomic mass is 10.1. The maximum absolute atomic E-state index is 14.0. The SMILES string of the molecule is COC(=O)c1ccc(SC[C@H](NC(=O)C(CCCCNC(=O)CCSCCN(C)C)NC(=O)/C=C/c2ccc(O)c(O)c2)C(=O)NC(CNC(=O)C(N)CS(=O)(=O)O)C(=O)OC)nc1. The predicted octanol–water partition coefficient (Wildman–Crippen LogP) is -0.985. The van der Waals surface area contributed by atoms with Crippen LogP contribution in [0.25, 0.3) is 6.08 Å². The molecule has 0 spiro atoms. The monoisotopic (exact) mass is 956 g/mol. The topological polar surface area (TPSA) is 335 Å². The minimum atomic E-state index is -4.64. The standard InChI is InChI=1S/C39H56N8O14S3/c1-47(2)16-18-62-17-14-32(50)41-15-6-5-7-27(44-33(51)12-9-24-8-11-30(48)31(49)19-24)36(53)46-29(22-63-34-13-10-25(20-42-34)38(55)60-3)37(54)45-28(39(56)61-4)21-43-35(52)26(40)23-64(57,58)59/h8-13,19-20,26-29,48-49H,5-7,14-18,21-23,40H2,1-4H3,(H,41,50)(H,43,52)(H,44,51)(H,45,54)(H,46,53)(H,57,58,59)/b12-9+/t26?,27?,28?,29-/m0/s1. The van der Waals surface area contributed by atoms with Crippen molar-refractivity contribution in [2.45, 2.75) is 54.9 Å². The lowest BCUT2D eigenvalue weighted by molar-refractivity contribution is -0.145. The third-order valence-corrected chi connectivity index (χ3v) is 11.4. The summed E-state index contributed by atoms with van der Waals surface area (Å²) in [5.41, 5.74) is 6.02. The molecular weight excluding hydrogens is 901 g/mol. The van der Waals surface area contributed by atoms with E-state index in [-0.39, 0.29) is 35.9 Å². The summed E-state index contributed by atoms with van der Waals surface area (Å²) < 4.78 is 40.9. The van der Waals surface area contributed by atoms with Crippen LogP contribution in [0.4, 0.5) is 0 Å². The number of esters is 2. The third-order valence-electron chi connectivity index (χ3n) is 8.66. The average molecular weight is 957 g/mol. The summed E-state index contributed by atoms with van der Waals surface area (Å²) in [6, 6.07) is 0.648. The molecule has 1 heterocycles. The molecule has 64 heavy (non-hydrogen) atoms. The highest BCUT2D eigenvalue weighted by Gasteiger charge is 2.31. The third kappa shape index (κ3) is 21.7. The zero-order chi connectivity index (χ0) is 47.8. The summed E-state index contributed by atoms with van der Waals surface area (Å²) in [4.78, 5) is 96.8. The van der Waals surface area contributed by atoms with Gasteiger partial charge in [-0.2, -0.15) is 20.2 Å². The molecule has 10 N–H and O–H groups in total. The summed E-state index contributed by atoms with van der Waals surface area (Å²) in [5.74, 6) is -6.14. The van der Waals surface area contributed by atoms with Gasteiger partial charge in [-0.15, -0.1) is 11.8 Å². The first-order valence-electron chi connectivity index (χ1n) is 19.6. The number of nitrogens with two attached hydrogens (primary N) is 1. The molecular formula is C39H56N8O14S3.